The van der Waals surface area contributed by atoms with Gasteiger partial charge in [0.05, 0.1) is 12.2 Å². The number of hydrogen-bond donors (Lipinski definition) is 3. The zero-order valence-electron chi connectivity index (χ0n) is 8.50. The Morgan fingerprint density at radius 1 is 1.53 bits per heavy atom. The third kappa shape index (κ3) is 2.75. The SMILES string of the molecule is OC1CC(NCC(O)c2cccnc2)C1. The second kappa shape index (κ2) is 4.70. The third-order valence-electron chi connectivity index (χ3n) is 2.78. The molecule has 0 bridgehead atoms. The molecule has 0 aromatic carbocycles. The van der Waals surface area contributed by atoms with E-state index in [2.05, 4.69) is 10.3 Å². The van der Waals surface area contributed by atoms with Crippen LogP contribution in [-0.2, 0) is 0 Å². The molecule has 1 aliphatic carbocycles. The van der Waals surface area contributed by atoms with Crippen LogP contribution in [0.3, 0.4) is 0 Å². The van der Waals surface area contributed by atoms with Crippen molar-refractivity contribution in [1.82, 2.24) is 10.3 Å². The van der Waals surface area contributed by atoms with Crippen molar-refractivity contribution >= 4 is 0 Å². The highest BCUT2D eigenvalue weighted by atomic mass is 16.3. The topological polar surface area (TPSA) is 65.4 Å². The van der Waals surface area contributed by atoms with E-state index in [4.69, 9.17) is 5.11 Å². The summed E-state index contributed by atoms with van der Waals surface area (Å²) in [5, 5.41) is 22.1. The highest BCUT2D eigenvalue weighted by Crippen LogP contribution is 2.20. The Morgan fingerprint density at radius 3 is 2.93 bits per heavy atom. The normalized spacial score (nSPS) is 27.1. The lowest BCUT2D eigenvalue weighted by Crippen LogP contribution is -2.45. The first-order valence-corrected chi connectivity index (χ1v) is 5.25. The maximum Gasteiger partial charge on any atom is 0.0929 e. The van der Waals surface area contributed by atoms with Crippen LogP contribution >= 0.6 is 0 Å². The maximum atomic E-state index is 9.79. The first kappa shape index (κ1) is 10.5. The zero-order valence-corrected chi connectivity index (χ0v) is 8.50. The molecule has 1 aromatic heterocycles. The Morgan fingerprint density at radius 2 is 2.33 bits per heavy atom. The molecular formula is C11H16N2O2. The van der Waals surface area contributed by atoms with E-state index < -0.39 is 6.10 Å². The van der Waals surface area contributed by atoms with Gasteiger partial charge in [-0.1, -0.05) is 6.07 Å². The summed E-state index contributed by atoms with van der Waals surface area (Å²) in [5.74, 6) is 0. The molecule has 4 nitrogen and oxygen atoms in total. The molecule has 1 fully saturated rings. The predicted molar refractivity (Wildman–Crippen MR) is 56.2 cm³/mol. The van der Waals surface area contributed by atoms with E-state index >= 15 is 0 Å². The van der Waals surface area contributed by atoms with Gasteiger partial charge in [0.2, 0.25) is 0 Å². The largest absolute Gasteiger partial charge is 0.393 e. The van der Waals surface area contributed by atoms with Gasteiger partial charge in [-0.15, -0.1) is 0 Å². The van der Waals surface area contributed by atoms with Crippen LogP contribution in [0, 0.1) is 0 Å². The molecule has 15 heavy (non-hydrogen) atoms. The molecule has 1 heterocycles. The van der Waals surface area contributed by atoms with Crippen LogP contribution in [0.25, 0.3) is 0 Å². The lowest BCUT2D eigenvalue weighted by atomic mass is 9.89. The second-order valence-electron chi connectivity index (χ2n) is 4.03. The van der Waals surface area contributed by atoms with Crippen molar-refractivity contribution in [3.05, 3.63) is 30.1 Å². The molecule has 0 aliphatic heterocycles. The van der Waals surface area contributed by atoms with Crippen LogP contribution in [0.5, 0.6) is 0 Å². The minimum Gasteiger partial charge on any atom is -0.393 e. The lowest BCUT2D eigenvalue weighted by Gasteiger charge is -2.32. The average molecular weight is 208 g/mol. The number of aliphatic hydroxyl groups is 2. The summed E-state index contributed by atoms with van der Waals surface area (Å²) in [4.78, 5) is 3.95. The van der Waals surface area contributed by atoms with E-state index in [1.165, 1.54) is 0 Å². The van der Waals surface area contributed by atoms with Crippen molar-refractivity contribution in [1.29, 1.82) is 0 Å². The van der Waals surface area contributed by atoms with Crippen LogP contribution in [0.1, 0.15) is 24.5 Å². The van der Waals surface area contributed by atoms with Crippen molar-refractivity contribution < 1.29 is 10.2 Å². The number of hydrogen-bond acceptors (Lipinski definition) is 4. The molecule has 1 saturated carbocycles. The zero-order chi connectivity index (χ0) is 10.7. The van der Waals surface area contributed by atoms with E-state index in [9.17, 15) is 5.11 Å². The van der Waals surface area contributed by atoms with Gasteiger partial charge in [-0.25, -0.2) is 0 Å². The Hall–Kier alpha value is -0.970. The smallest absolute Gasteiger partial charge is 0.0929 e. The van der Waals surface area contributed by atoms with Gasteiger partial charge >= 0.3 is 0 Å². The second-order valence-corrected chi connectivity index (χ2v) is 4.03. The summed E-state index contributed by atoms with van der Waals surface area (Å²) in [6.07, 6.45) is 4.27. The summed E-state index contributed by atoms with van der Waals surface area (Å²) in [7, 11) is 0. The van der Waals surface area contributed by atoms with E-state index in [0.717, 1.165) is 18.4 Å². The Kier molecular flexibility index (Phi) is 3.30. The molecule has 1 aromatic rings. The molecule has 4 heteroatoms. The molecule has 3 N–H and O–H groups in total. The monoisotopic (exact) mass is 208 g/mol. The van der Waals surface area contributed by atoms with Crippen molar-refractivity contribution in [2.45, 2.75) is 31.1 Å². The van der Waals surface area contributed by atoms with Gasteiger partial charge in [-0.2, -0.15) is 0 Å². The third-order valence-corrected chi connectivity index (χ3v) is 2.78. The Bertz CT molecular complexity index is 299. The number of aliphatic hydroxyl groups excluding tert-OH is 2. The molecule has 1 atom stereocenters. The summed E-state index contributed by atoms with van der Waals surface area (Å²) in [6.45, 7) is 0.517. The summed E-state index contributed by atoms with van der Waals surface area (Å²) in [5.41, 5.74) is 0.824. The van der Waals surface area contributed by atoms with Crippen molar-refractivity contribution in [3.8, 4) is 0 Å². The molecule has 0 amide bonds. The van der Waals surface area contributed by atoms with E-state index in [1.807, 2.05) is 12.1 Å². The number of pyridine rings is 1. The molecule has 1 aliphatic rings. The van der Waals surface area contributed by atoms with Gasteiger partial charge in [-0.05, 0) is 18.9 Å². The predicted octanol–water partition coefficient (Wildman–Crippen LogP) is 0.228. The number of nitrogens with one attached hydrogen (secondary N) is 1. The standard InChI is InChI=1S/C11H16N2O2/c14-10-4-9(5-10)13-7-11(15)8-2-1-3-12-6-8/h1-3,6,9-11,13-15H,4-5,7H2. The minimum atomic E-state index is -0.517. The minimum absolute atomic E-state index is 0.155. The lowest BCUT2D eigenvalue weighted by molar-refractivity contribution is 0.0551. The number of aromatic nitrogens is 1. The average Bonchev–Trinajstić information content (AvgIpc) is 2.23. The molecule has 0 spiro atoms. The van der Waals surface area contributed by atoms with Crippen LogP contribution in [0.2, 0.25) is 0 Å². The van der Waals surface area contributed by atoms with E-state index in [0.29, 0.717) is 12.6 Å². The molecular weight excluding hydrogens is 192 g/mol. The van der Waals surface area contributed by atoms with Gasteiger partial charge in [-0.3, -0.25) is 4.98 Å². The fourth-order valence-corrected chi connectivity index (χ4v) is 1.72. The first-order valence-electron chi connectivity index (χ1n) is 5.25. The summed E-state index contributed by atoms with van der Waals surface area (Å²) >= 11 is 0. The molecule has 0 saturated heterocycles. The van der Waals surface area contributed by atoms with E-state index in [-0.39, 0.29) is 6.10 Å². The van der Waals surface area contributed by atoms with E-state index in [1.54, 1.807) is 12.4 Å². The van der Waals surface area contributed by atoms with Crippen molar-refractivity contribution in [2.75, 3.05) is 6.54 Å². The first-order chi connectivity index (χ1) is 7.25. The van der Waals surface area contributed by atoms with Gasteiger partial charge in [0.15, 0.2) is 0 Å². The molecule has 82 valence electrons. The van der Waals surface area contributed by atoms with Crippen molar-refractivity contribution in [2.24, 2.45) is 0 Å². The highest BCUT2D eigenvalue weighted by Gasteiger charge is 2.26. The molecule has 2 rings (SSSR count). The Balaban J connectivity index is 1.75. The van der Waals surface area contributed by atoms with Gasteiger partial charge in [0.25, 0.3) is 0 Å². The van der Waals surface area contributed by atoms with Crippen LogP contribution in [-0.4, -0.2) is 33.9 Å². The van der Waals surface area contributed by atoms with Gasteiger partial charge < -0.3 is 15.5 Å². The quantitative estimate of drug-likeness (QED) is 0.662. The van der Waals surface area contributed by atoms with Crippen molar-refractivity contribution in [3.63, 3.8) is 0 Å². The Labute approximate surface area is 89.0 Å². The fraction of sp³-hybridized carbons (Fsp3) is 0.545. The summed E-state index contributed by atoms with van der Waals surface area (Å²) < 4.78 is 0. The fourth-order valence-electron chi connectivity index (χ4n) is 1.72. The van der Waals surface area contributed by atoms with Crippen LogP contribution < -0.4 is 5.32 Å². The highest BCUT2D eigenvalue weighted by molar-refractivity contribution is 5.12. The number of rotatable bonds is 4. The van der Waals surface area contributed by atoms with Crippen LogP contribution in [0.15, 0.2) is 24.5 Å². The van der Waals surface area contributed by atoms with Crippen LogP contribution in [0.4, 0.5) is 0 Å². The molecule has 1 unspecified atom stereocenters. The molecule has 0 radical (unpaired) electrons. The summed E-state index contributed by atoms with van der Waals surface area (Å²) in [6, 6.07) is 4.02. The maximum absolute atomic E-state index is 9.79. The van der Waals surface area contributed by atoms with Gasteiger partial charge in [0, 0.05) is 30.5 Å². The van der Waals surface area contributed by atoms with Gasteiger partial charge in [0.1, 0.15) is 0 Å². The number of nitrogens with zero attached hydrogens (tertiary/aromatic N) is 1.